The minimum absolute atomic E-state index is 0.00133. The lowest BCUT2D eigenvalue weighted by atomic mass is 10.0. The maximum Gasteiger partial charge on any atom is 0.261 e. The van der Waals surface area contributed by atoms with E-state index in [2.05, 4.69) is 5.32 Å². The van der Waals surface area contributed by atoms with Crippen molar-refractivity contribution in [3.63, 3.8) is 0 Å². The van der Waals surface area contributed by atoms with Gasteiger partial charge in [0.2, 0.25) is 11.8 Å². The first-order chi connectivity index (χ1) is 13.9. The van der Waals surface area contributed by atoms with Crippen molar-refractivity contribution in [1.82, 2.24) is 15.1 Å². The third kappa shape index (κ3) is 4.88. The van der Waals surface area contributed by atoms with Crippen LogP contribution in [0, 0.1) is 0 Å². The lowest BCUT2D eigenvalue weighted by Gasteiger charge is -2.32. The molecule has 0 unspecified atom stereocenters. The van der Waals surface area contributed by atoms with Crippen LogP contribution in [0.5, 0.6) is 0 Å². The summed E-state index contributed by atoms with van der Waals surface area (Å²) in [7, 11) is 0. The van der Waals surface area contributed by atoms with Crippen LogP contribution in [0.3, 0.4) is 0 Å². The van der Waals surface area contributed by atoms with E-state index in [9.17, 15) is 24.0 Å². The van der Waals surface area contributed by atoms with Crippen LogP contribution in [0.2, 0.25) is 0 Å². The minimum Gasteiger partial charge on any atom is -0.353 e. The van der Waals surface area contributed by atoms with Gasteiger partial charge in [-0.3, -0.25) is 24.1 Å². The Morgan fingerprint density at radius 1 is 0.966 bits per heavy atom. The Hall–Kier alpha value is -3.03. The van der Waals surface area contributed by atoms with Crippen molar-refractivity contribution in [3.8, 4) is 0 Å². The number of ketones is 1. The molecule has 29 heavy (non-hydrogen) atoms. The predicted octanol–water partition coefficient (Wildman–Crippen LogP) is 1.15. The fraction of sp³-hybridized carbons (Fsp3) is 0.476. The van der Waals surface area contributed by atoms with Crippen molar-refractivity contribution >= 4 is 29.4 Å². The molecule has 0 saturated carbocycles. The standard InChI is InChI=1S/C21H25N3O5/c1-14(25)6-7-19(27)23-11-8-15(9-12-23)22-18(26)10-13-24-20(28)16-4-2-3-5-17(16)21(24)29/h2-5,15H,6-13H2,1H3,(H,22,26). The van der Waals surface area contributed by atoms with Gasteiger partial charge in [-0.1, -0.05) is 12.1 Å². The van der Waals surface area contributed by atoms with Gasteiger partial charge in [0.1, 0.15) is 5.78 Å². The second kappa shape index (κ2) is 8.98. The summed E-state index contributed by atoms with van der Waals surface area (Å²) < 4.78 is 0. The highest BCUT2D eigenvalue weighted by Gasteiger charge is 2.35. The molecule has 0 spiro atoms. The van der Waals surface area contributed by atoms with Crippen LogP contribution in [0.25, 0.3) is 0 Å². The Bertz CT molecular complexity index is 807. The van der Waals surface area contributed by atoms with Crippen molar-refractivity contribution in [2.75, 3.05) is 19.6 Å². The number of likely N-dealkylation sites (tertiary alicyclic amines) is 1. The molecule has 1 N–H and O–H groups in total. The molecule has 2 aliphatic heterocycles. The minimum atomic E-state index is -0.365. The molecule has 0 atom stereocenters. The van der Waals surface area contributed by atoms with Crippen molar-refractivity contribution in [1.29, 1.82) is 0 Å². The van der Waals surface area contributed by atoms with Gasteiger partial charge in [0.25, 0.3) is 11.8 Å². The second-order valence-corrected chi connectivity index (χ2v) is 7.48. The summed E-state index contributed by atoms with van der Waals surface area (Å²) >= 11 is 0. The summed E-state index contributed by atoms with van der Waals surface area (Å²) in [4.78, 5) is 62.8. The number of imide groups is 1. The number of amides is 4. The van der Waals surface area contributed by atoms with E-state index in [1.54, 1.807) is 29.2 Å². The number of piperidine rings is 1. The van der Waals surface area contributed by atoms with Crippen LogP contribution in [0.4, 0.5) is 0 Å². The van der Waals surface area contributed by atoms with Crippen LogP contribution >= 0.6 is 0 Å². The number of fused-ring (bicyclic) bond motifs is 1. The van der Waals surface area contributed by atoms with E-state index in [4.69, 9.17) is 0 Å². The quantitative estimate of drug-likeness (QED) is 0.693. The van der Waals surface area contributed by atoms with Crippen molar-refractivity contribution in [2.24, 2.45) is 0 Å². The third-order valence-electron chi connectivity index (χ3n) is 5.34. The van der Waals surface area contributed by atoms with Crippen molar-refractivity contribution in [2.45, 2.75) is 45.1 Å². The van der Waals surface area contributed by atoms with Gasteiger partial charge in [0.05, 0.1) is 11.1 Å². The van der Waals surface area contributed by atoms with E-state index >= 15 is 0 Å². The van der Waals surface area contributed by atoms with Gasteiger partial charge in [-0.15, -0.1) is 0 Å². The lowest BCUT2D eigenvalue weighted by Crippen LogP contribution is -2.47. The third-order valence-corrected chi connectivity index (χ3v) is 5.34. The highest BCUT2D eigenvalue weighted by molar-refractivity contribution is 6.21. The van der Waals surface area contributed by atoms with Gasteiger partial charge in [0.15, 0.2) is 0 Å². The maximum absolute atomic E-state index is 12.3. The summed E-state index contributed by atoms with van der Waals surface area (Å²) in [5.41, 5.74) is 0.749. The number of carbonyl (C=O) groups is 5. The first-order valence-corrected chi connectivity index (χ1v) is 9.88. The van der Waals surface area contributed by atoms with Gasteiger partial charge in [-0.25, -0.2) is 0 Å². The molecule has 0 bridgehead atoms. The number of benzene rings is 1. The fourth-order valence-corrected chi connectivity index (χ4v) is 3.67. The molecule has 4 amide bonds. The monoisotopic (exact) mass is 399 g/mol. The van der Waals surface area contributed by atoms with E-state index in [1.807, 2.05) is 0 Å². The van der Waals surface area contributed by atoms with Gasteiger partial charge >= 0.3 is 0 Å². The number of hydrogen-bond donors (Lipinski definition) is 1. The molecule has 1 fully saturated rings. The van der Waals surface area contributed by atoms with Gasteiger partial charge in [-0.2, -0.15) is 0 Å². The Morgan fingerprint density at radius 2 is 1.55 bits per heavy atom. The molecule has 154 valence electrons. The Kier molecular flexibility index (Phi) is 6.41. The van der Waals surface area contributed by atoms with Gasteiger partial charge in [0, 0.05) is 44.9 Å². The maximum atomic E-state index is 12.3. The zero-order valence-electron chi connectivity index (χ0n) is 16.5. The molecule has 0 aliphatic carbocycles. The average Bonchev–Trinajstić information content (AvgIpc) is 2.95. The Morgan fingerprint density at radius 3 is 2.10 bits per heavy atom. The highest BCUT2D eigenvalue weighted by atomic mass is 16.2. The van der Waals surface area contributed by atoms with Crippen LogP contribution in [-0.2, 0) is 14.4 Å². The molecule has 1 aromatic carbocycles. The first-order valence-electron chi connectivity index (χ1n) is 9.88. The largest absolute Gasteiger partial charge is 0.353 e. The molecule has 2 aliphatic rings. The summed E-state index contributed by atoms with van der Waals surface area (Å²) in [5.74, 6) is -0.983. The topological polar surface area (TPSA) is 104 Å². The van der Waals surface area contributed by atoms with E-state index in [1.165, 1.54) is 6.92 Å². The smallest absolute Gasteiger partial charge is 0.261 e. The predicted molar refractivity (Wildman–Crippen MR) is 104 cm³/mol. The number of rotatable bonds is 7. The zero-order valence-corrected chi connectivity index (χ0v) is 16.5. The molecular weight excluding hydrogens is 374 g/mol. The van der Waals surface area contributed by atoms with Crippen LogP contribution in [0.1, 0.15) is 59.7 Å². The summed E-state index contributed by atoms with van der Waals surface area (Å²) in [6.07, 6.45) is 1.82. The Balaban J connectivity index is 1.41. The molecule has 8 heteroatoms. The molecule has 3 rings (SSSR count). The molecule has 8 nitrogen and oxygen atoms in total. The molecule has 1 saturated heterocycles. The fourth-order valence-electron chi connectivity index (χ4n) is 3.67. The van der Waals surface area contributed by atoms with E-state index in [-0.39, 0.29) is 61.3 Å². The zero-order chi connectivity index (χ0) is 21.0. The van der Waals surface area contributed by atoms with Crippen LogP contribution in [-0.4, -0.2) is 64.9 Å². The highest BCUT2D eigenvalue weighted by Crippen LogP contribution is 2.22. The number of nitrogens with zero attached hydrogens (tertiary/aromatic N) is 2. The number of nitrogens with one attached hydrogen (secondary N) is 1. The van der Waals surface area contributed by atoms with Gasteiger partial charge < -0.3 is 15.0 Å². The normalized spacial score (nSPS) is 16.7. The molecule has 0 radical (unpaired) electrons. The number of hydrogen-bond acceptors (Lipinski definition) is 5. The molecule has 2 heterocycles. The molecule has 1 aromatic rings. The Labute approximate surface area is 169 Å². The average molecular weight is 399 g/mol. The summed E-state index contributed by atoms with van der Waals surface area (Å²) in [5, 5.41) is 2.92. The van der Waals surface area contributed by atoms with E-state index < -0.39 is 0 Å². The first kappa shape index (κ1) is 20.7. The number of Topliss-reactive ketones (excluding diaryl/α,β-unsaturated/α-hetero) is 1. The van der Waals surface area contributed by atoms with E-state index in [0.29, 0.717) is 37.1 Å². The van der Waals surface area contributed by atoms with Crippen LogP contribution < -0.4 is 5.32 Å². The SMILES string of the molecule is CC(=O)CCC(=O)N1CCC(NC(=O)CCN2C(=O)c3ccccc3C2=O)CC1. The van der Waals surface area contributed by atoms with Crippen molar-refractivity contribution < 1.29 is 24.0 Å². The lowest BCUT2D eigenvalue weighted by molar-refractivity contribution is -0.134. The summed E-state index contributed by atoms with van der Waals surface area (Å²) in [6.45, 7) is 2.59. The van der Waals surface area contributed by atoms with Crippen LogP contribution in [0.15, 0.2) is 24.3 Å². The van der Waals surface area contributed by atoms with E-state index in [0.717, 1.165) is 4.90 Å². The molecular formula is C21H25N3O5. The van der Waals surface area contributed by atoms with Gasteiger partial charge in [-0.05, 0) is 31.9 Å². The summed E-state index contributed by atoms with van der Waals surface area (Å²) in [6, 6.07) is 6.60. The second-order valence-electron chi connectivity index (χ2n) is 7.48. The van der Waals surface area contributed by atoms with Crippen molar-refractivity contribution in [3.05, 3.63) is 35.4 Å². The molecule has 0 aromatic heterocycles. The number of carbonyl (C=O) groups excluding carboxylic acids is 5.